The first-order valence-corrected chi connectivity index (χ1v) is 6.90. The Labute approximate surface area is 129 Å². The molecule has 0 aliphatic rings. The molecule has 0 aromatic heterocycles. The van der Waals surface area contributed by atoms with Crippen molar-refractivity contribution in [1.29, 1.82) is 0 Å². The SMILES string of the molecule is Cc1cc(OCc2c(C)cccc2C(=O)NO)c(C)cc1O. The van der Waals surface area contributed by atoms with E-state index < -0.39 is 5.91 Å². The van der Waals surface area contributed by atoms with Crippen molar-refractivity contribution < 1.29 is 19.8 Å². The Morgan fingerprint density at radius 2 is 1.86 bits per heavy atom. The van der Waals surface area contributed by atoms with E-state index in [0.29, 0.717) is 16.9 Å². The van der Waals surface area contributed by atoms with Crippen LogP contribution in [0.25, 0.3) is 0 Å². The average Bonchev–Trinajstić information content (AvgIpc) is 2.49. The lowest BCUT2D eigenvalue weighted by molar-refractivity contribution is 0.0703. The number of hydrogen-bond acceptors (Lipinski definition) is 4. The highest BCUT2D eigenvalue weighted by Crippen LogP contribution is 2.28. The van der Waals surface area contributed by atoms with Crippen LogP contribution >= 0.6 is 0 Å². The summed E-state index contributed by atoms with van der Waals surface area (Å²) in [6.45, 7) is 5.70. The van der Waals surface area contributed by atoms with Gasteiger partial charge in [-0.05, 0) is 55.7 Å². The minimum absolute atomic E-state index is 0.195. The summed E-state index contributed by atoms with van der Waals surface area (Å²) >= 11 is 0. The van der Waals surface area contributed by atoms with Gasteiger partial charge in [0.15, 0.2) is 0 Å². The van der Waals surface area contributed by atoms with Gasteiger partial charge in [0.1, 0.15) is 18.1 Å². The maximum atomic E-state index is 11.7. The number of phenols is 1. The molecule has 3 N–H and O–H groups in total. The minimum Gasteiger partial charge on any atom is -0.508 e. The molecule has 1 amide bonds. The normalized spacial score (nSPS) is 10.4. The number of carbonyl (C=O) groups is 1. The topological polar surface area (TPSA) is 78.8 Å². The molecule has 116 valence electrons. The van der Waals surface area contributed by atoms with E-state index in [9.17, 15) is 9.90 Å². The molecule has 0 atom stereocenters. The van der Waals surface area contributed by atoms with E-state index >= 15 is 0 Å². The van der Waals surface area contributed by atoms with Gasteiger partial charge in [-0.3, -0.25) is 10.0 Å². The largest absolute Gasteiger partial charge is 0.508 e. The van der Waals surface area contributed by atoms with E-state index in [1.807, 2.05) is 19.9 Å². The molecule has 0 unspecified atom stereocenters. The molecule has 2 aromatic carbocycles. The Balaban J connectivity index is 2.29. The lowest BCUT2D eigenvalue weighted by Gasteiger charge is -2.15. The number of phenolic OH excluding ortho intramolecular Hbond substituents is 1. The van der Waals surface area contributed by atoms with Gasteiger partial charge in [0.2, 0.25) is 0 Å². The zero-order chi connectivity index (χ0) is 16.3. The summed E-state index contributed by atoms with van der Waals surface area (Å²) in [5.41, 5.74) is 5.15. The molecule has 0 bridgehead atoms. The van der Waals surface area contributed by atoms with Gasteiger partial charge >= 0.3 is 0 Å². The lowest BCUT2D eigenvalue weighted by atomic mass is 10.0. The summed E-state index contributed by atoms with van der Waals surface area (Å²) in [7, 11) is 0. The first-order valence-electron chi connectivity index (χ1n) is 6.90. The predicted octanol–water partition coefficient (Wildman–Crippen LogP) is 3.02. The summed E-state index contributed by atoms with van der Waals surface area (Å²) in [4.78, 5) is 11.7. The number of ether oxygens (including phenoxy) is 1. The molecule has 0 heterocycles. The fraction of sp³-hybridized carbons (Fsp3) is 0.235. The van der Waals surface area contributed by atoms with Gasteiger partial charge in [-0.1, -0.05) is 12.1 Å². The molecular weight excluding hydrogens is 282 g/mol. The van der Waals surface area contributed by atoms with Crippen molar-refractivity contribution in [3.05, 3.63) is 58.1 Å². The fourth-order valence-electron chi connectivity index (χ4n) is 2.25. The van der Waals surface area contributed by atoms with Gasteiger partial charge in [-0.25, -0.2) is 5.48 Å². The molecule has 0 saturated carbocycles. The minimum atomic E-state index is -0.569. The van der Waals surface area contributed by atoms with E-state index in [1.54, 1.807) is 36.7 Å². The summed E-state index contributed by atoms with van der Waals surface area (Å²) in [5.74, 6) is 0.302. The highest BCUT2D eigenvalue weighted by Gasteiger charge is 2.14. The second kappa shape index (κ2) is 6.49. The van der Waals surface area contributed by atoms with Gasteiger partial charge < -0.3 is 9.84 Å². The van der Waals surface area contributed by atoms with Crippen LogP contribution in [0.2, 0.25) is 0 Å². The molecule has 2 rings (SSSR count). The molecule has 5 nitrogen and oxygen atoms in total. The number of rotatable bonds is 4. The second-order valence-electron chi connectivity index (χ2n) is 5.23. The third kappa shape index (κ3) is 3.20. The van der Waals surface area contributed by atoms with Crippen LogP contribution in [0.3, 0.4) is 0 Å². The third-order valence-corrected chi connectivity index (χ3v) is 3.62. The molecular formula is C17H19NO4. The van der Waals surface area contributed by atoms with Crippen LogP contribution in [0, 0.1) is 20.8 Å². The molecule has 0 saturated heterocycles. The van der Waals surface area contributed by atoms with E-state index in [4.69, 9.17) is 9.94 Å². The summed E-state index contributed by atoms with van der Waals surface area (Å²) < 4.78 is 5.80. The quantitative estimate of drug-likeness (QED) is 0.599. The van der Waals surface area contributed by atoms with E-state index in [0.717, 1.165) is 16.7 Å². The van der Waals surface area contributed by atoms with Crippen LogP contribution < -0.4 is 10.2 Å². The Hall–Kier alpha value is -2.53. The van der Waals surface area contributed by atoms with Gasteiger partial charge in [0.05, 0.1) is 0 Å². The van der Waals surface area contributed by atoms with E-state index in [1.165, 1.54) is 0 Å². The predicted molar refractivity (Wildman–Crippen MR) is 82.3 cm³/mol. The summed E-state index contributed by atoms with van der Waals surface area (Å²) in [6, 6.07) is 8.66. The highest BCUT2D eigenvalue weighted by atomic mass is 16.5. The van der Waals surface area contributed by atoms with Crippen molar-refractivity contribution in [3.8, 4) is 11.5 Å². The van der Waals surface area contributed by atoms with Crippen molar-refractivity contribution in [3.63, 3.8) is 0 Å². The molecule has 2 aromatic rings. The first-order chi connectivity index (χ1) is 10.4. The molecule has 0 fully saturated rings. The van der Waals surface area contributed by atoms with Crippen molar-refractivity contribution in [1.82, 2.24) is 5.48 Å². The third-order valence-electron chi connectivity index (χ3n) is 3.62. The van der Waals surface area contributed by atoms with Crippen molar-refractivity contribution >= 4 is 5.91 Å². The van der Waals surface area contributed by atoms with Gasteiger partial charge in [0.25, 0.3) is 5.91 Å². The number of carbonyl (C=O) groups excluding carboxylic acids is 1. The number of aromatic hydroxyl groups is 1. The van der Waals surface area contributed by atoms with E-state index in [-0.39, 0.29) is 12.4 Å². The zero-order valence-corrected chi connectivity index (χ0v) is 12.8. The summed E-state index contributed by atoms with van der Waals surface area (Å²) in [5, 5.41) is 18.5. The second-order valence-corrected chi connectivity index (χ2v) is 5.23. The first kappa shape index (κ1) is 15.9. The van der Waals surface area contributed by atoms with Crippen LogP contribution in [0.1, 0.15) is 32.6 Å². The molecule has 0 aliphatic heterocycles. The lowest BCUT2D eigenvalue weighted by Crippen LogP contribution is -2.21. The maximum Gasteiger partial charge on any atom is 0.275 e. The number of hydroxylamine groups is 1. The van der Waals surface area contributed by atoms with Crippen LogP contribution in [-0.2, 0) is 6.61 Å². The Bertz CT molecular complexity index is 710. The highest BCUT2D eigenvalue weighted by molar-refractivity contribution is 5.95. The van der Waals surface area contributed by atoms with Gasteiger partial charge in [-0.2, -0.15) is 0 Å². The van der Waals surface area contributed by atoms with Crippen molar-refractivity contribution in [2.24, 2.45) is 0 Å². The van der Waals surface area contributed by atoms with Crippen molar-refractivity contribution in [2.45, 2.75) is 27.4 Å². The number of aryl methyl sites for hydroxylation is 3. The van der Waals surface area contributed by atoms with Gasteiger partial charge in [-0.15, -0.1) is 0 Å². The van der Waals surface area contributed by atoms with Crippen LogP contribution in [-0.4, -0.2) is 16.2 Å². The average molecular weight is 301 g/mol. The molecule has 5 heteroatoms. The Morgan fingerprint density at radius 1 is 1.14 bits per heavy atom. The zero-order valence-electron chi connectivity index (χ0n) is 12.8. The smallest absolute Gasteiger partial charge is 0.275 e. The van der Waals surface area contributed by atoms with Crippen LogP contribution in [0.15, 0.2) is 30.3 Å². The fourth-order valence-corrected chi connectivity index (χ4v) is 2.25. The van der Waals surface area contributed by atoms with E-state index in [2.05, 4.69) is 0 Å². The maximum absolute atomic E-state index is 11.7. The molecule has 22 heavy (non-hydrogen) atoms. The summed E-state index contributed by atoms with van der Waals surface area (Å²) in [6.07, 6.45) is 0. The molecule has 0 aliphatic carbocycles. The number of benzene rings is 2. The standard InChI is InChI=1S/C17H19NO4/c1-10-5-4-6-13(17(20)18-21)14(10)9-22-16-8-11(2)15(19)7-12(16)3/h4-8,19,21H,9H2,1-3H3,(H,18,20). The number of hydrogen-bond donors (Lipinski definition) is 3. The number of amides is 1. The molecule has 0 radical (unpaired) electrons. The Kier molecular flexibility index (Phi) is 4.68. The van der Waals surface area contributed by atoms with Gasteiger partial charge in [0, 0.05) is 11.1 Å². The van der Waals surface area contributed by atoms with Crippen molar-refractivity contribution in [2.75, 3.05) is 0 Å². The monoisotopic (exact) mass is 301 g/mol. The number of nitrogens with one attached hydrogen (secondary N) is 1. The molecule has 0 spiro atoms. The van der Waals surface area contributed by atoms with Crippen LogP contribution in [0.4, 0.5) is 0 Å². The Morgan fingerprint density at radius 3 is 2.55 bits per heavy atom. The van der Waals surface area contributed by atoms with Crippen LogP contribution in [0.5, 0.6) is 11.5 Å².